The van der Waals surface area contributed by atoms with E-state index in [0.29, 0.717) is 6.04 Å². The van der Waals surface area contributed by atoms with Crippen LogP contribution in [0.2, 0.25) is 5.02 Å². The lowest BCUT2D eigenvalue weighted by Crippen LogP contribution is -2.04. The lowest BCUT2D eigenvalue weighted by atomic mass is 10.3. The van der Waals surface area contributed by atoms with Gasteiger partial charge in [0.1, 0.15) is 5.82 Å². The summed E-state index contributed by atoms with van der Waals surface area (Å²) in [6, 6.07) is 4.89. The Morgan fingerprint density at radius 1 is 1.60 bits per heavy atom. The molecule has 1 unspecified atom stereocenters. The van der Waals surface area contributed by atoms with E-state index in [-0.39, 0.29) is 5.02 Å². The highest BCUT2D eigenvalue weighted by atomic mass is 35.5. The van der Waals surface area contributed by atoms with Crippen molar-refractivity contribution in [3.8, 4) is 0 Å². The number of thioether (sulfide) groups is 1. The highest BCUT2D eigenvalue weighted by Gasteiger charge is 2.13. The second kappa shape index (κ2) is 4.41. The minimum Gasteiger partial charge on any atom is -0.335 e. The maximum atomic E-state index is 12.9. The molecule has 1 heterocycles. The first kappa shape index (κ1) is 10.8. The van der Waals surface area contributed by atoms with Crippen LogP contribution in [0.1, 0.15) is 6.92 Å². The zero-order valence-corrected chi connectivity index (χ0v) is 9.70. The Labute approximate surface area is 96.9 Å². The summed E-state index contributed by atoms with van der Waals surface area (Å²) in [4.78, 5) is 4.37. The number of halogens is 2. The SMILES string of the molecule is CC1CSC(Nc2ccc(F)c(Cl)c2)=N1. The van der Waals surface area contributed by atoms with E-state index in [1.54, 1.807) is 23.9 Å². The summed E-state index contributed by atoms with van der Waals surface area (Å²) in [5.74, 6) is 0.577. The second-order valence-corrected chi connectivity index (χ2v) is 4.76. The average molecular weight is 245 g/mol. The topological polar surface area (TPSA) is 24.4 Å². The Bertz CT molecular complexity index is 408. The van der Waals surface area contributed by atoms with Crippen LogP contribution in [0.3, 0.4) is 0 Å². The molecule has 5 heteroatoms. The minimum absolute atomic E-state index is 0.122. The van der Waals surface area contributed by atoms with Crippen LogP contribution in [0.4, 0.5) is 10.1 Å². The fourth-order valence-corrected chi connectivity index (χ4v) is 2.34. The first-order valence-electron chi connectivity index (χ1n) is 4.58. The number of hydrogen-bond acceptors (Lipinski definition) is 3. The standard InChI is InChI=1S/C10H10ClFN2S/c1-6-5-15-10(13-6)14-7-2-3-9(12)8(11)4-7/h2-4,6H,5H2,1H3,(H,13,14). The van der Waals surface area contributed by atoms with Crippen molar-refractivity contribution in [2.24, 2.45) is 4.99 Å². The molecule has 1 N–H and O–H groups in total. The summed E-state index contributed by atoms with van der Waals surface area (Å²) < 4.78 is 12.9. The van der Waals surface area contributed by atoms with Gasteiger partial charge >= 0.3 is 0 Å². The van der Waals surface area contributed by atoms with E-state index >= 15 is 0 Å². The summed E-state index contributed by atoms with van der Waals surface area (Å²) in [5.41, 5.74) is 0.766. The smallest absolute Gasteiger partial charge is 0.161 e. The van der Waals surface area contributed by atoms with Crippen molar-refractivity contribution >= 4 is 34.2 Å². The monoisotopic (exact) mass is 244 g/mol. The third-order valence-electron chi connectivity index (χ3n) is 1.97. The molecule has 0 saturated carbocycles. The maximum absolute atomic E-state index is 12.9. The molecule has 0 radical (unpaired) electrons. The molecule has 0 fully saturated rings. The molecule has 0 spiro atoms. The number of amidine groups is 1. The number of hydrogen-bond donors (Lipinski definition) is 1. The van der Waals surface area contributed by atoms with Gasteiger partial charge in [-0.2, -0.15) is 0 Å². The van der Waals surface area contributed by atoms with E-state index in [0.717, 1.165) is 16.6 Å². The Hall–Kier alpha value is -0.740. The lowest BCUT2D eigenvalue weighted by Gasteiger charge is -2.05. The molecule has 1 aromatic rings. The molecule has 1 aromatic carbocycles. The Morgan fingerprint density at radius 3 is 3.00 bits per heavy atom. The zero-order chi connectivity index (χ0) is 10.8. The normalized spacial score (nSPS) is 20.2. The number of nitrogens with zero attached hydrogens (tertiary/aromatic N) is 1. The largest absolute Gasteiger partial charge is 0.335 e. The molecule has 80 valence electrons. The van der Waals surface area contributed by atoms with Gasteiger partial charge in [-0.05, 0) is 25.1 Å². The highest BCUT2D eigenvalue weighted by Crippen LogP contribution is 2.23. The summed E-state index contributed by atoms with van der Waals surface area (Å²) in [5, 5.41) is 4.09. The zero-order valence-electron chi connectivity index (χ0n) is 8.13. The number of aliphatic imine (C=N–C) groups is 1. The van der Waals surface area contributed by atoms with Crippen molar-refractivity contribution < 1.29 is 4.39 Å². The number of nitrogens with one attached hydrogen (secondary N) is 1. The molecule has 1 aliphatic heterocycles. The molecule has 0 aliphatic carbocycles. The van der Waals surface area contributed by atoms with Gasteiger partial charge < -0.3 is 5.32 Å². The van der Waals surface area contributed by atoms with E-state index in [9.17, 15) is 4.39 Å². The number of anilines is 1. The van der Waals surface area contributed by atoms with Crippen LogP contribution in [0, 0.1) is 5.82 Å². The summed E-state index contributed by atoms with van der Waals surface area (Å²) in [6.45, 7) is 2.05. The molecule has 0 amide bonds. The van der Waals surface area contributed by atoms with Crippen LogP contribution in [0.15, 0.2) is 23.2 Å². The van der Waals surface area contributed by atoms with Crippen LogP contribution < -0.4 is 5.32 Å². The Morgan fingerprint density at radius 2 is 2.40 bits per heavy atom. The van der Waals surface area contributed by atoms with Crippen molar-refractivity contribution in [1.82, 2.24) is 0 Å². The van der Waals surface area contributed by atoms with Crippen molar-refractivity contribution in [1.29, 1.82) is 0 Å². The fraction of sp³-hybridized carbons (Fsp3) is 0.300. The number of rotatable bonds is 1. The van der Waals surface area contributed by atoms with E-state index in [2.05, 4.69) is 17.2 Å². The van der Waals surface area contributed by atoms with Crippen LogP contribution in [0.5, 0.6) is 0 Å². The molecule has 0 aromatic heterocycles. The van der Waals surface area contributed by atoms with Crippen LogP contribution in [-0.2, 0) is 0 Å². The maximum Gasteiger partial charge on any atom is 0.161 e. The predicted octanol–water partition coefficient (Wildman–Crippen LogP) is 3.38. The third kappa shape index (κ3) is 2.63. The van der Waals surface area contributed by atoms with Gasteiger partial charge in [0.25, 0.3) is 0 Å². The van der Waals surface area contributed by atoms with E-state index in [1.807, 2.05) is 0 Å². The van der Waals surface area contributed by atoms with Crippen LogP contribution in [-0.4, -0.2) is 17.0 Å². The van der Waals surface area contributed by atoms with E-state index < -0.39 is 5.82 Å². The van der Waals surface area contributed by atoms with Crippen LogP contribution in [0.25, 0.3) is 0 Å². The van der Waals surface area contributed by atoms with Crippen molar-refractivity contribution in [2.45, 2.75) is 13.0 Å². The first-order chi connectivity index (χ1) is 7.15. The predicted molar refractivity (Wildman–Crippen MR) is 64.4 cm³/mol. The van der Waals surface area contributed by atoms with Gasteiger partial charge in [-0.15, -0.1) is 0 Å². The molecule has 2 rings (SSSR count). The summed E-state index contributed by atoms with van der Waals surface area (Å²) >= 11 is 7.32. The number of benzene rings is 1. The van der Waals surface area contributed by atoms with Gasteiger partial charge in [-0.3, -0.25) is 4.99 Å². The van der Waals surface area contributed by atoms with E-state index in [4.69, 9.17) is 11.6 Å². The fourth-order valence-electron chi connectivity index (χ4n) is 1.24. The molecule has 15 heavy (non-hydrogen) atoms. The molecule has 1 aliphatic rings. The average Bonchev–Trinajstić information content (AvgIpc) is 2.58. The first-order valence-corrected chi connectivity index (χ1v) is 5.94. The Kier molecular flexibility index (Phi) is 3.17. The van der Waals surface area contributed by atoms with Crippen LogP contribution >= 0.6 is 23.4 Å². The molecule has 0 saturated heterocycles. The highest BCUT2D eigenvalue weighted by molar-refractivity contribution is 8.14. The van der Waals surface area contributed by atoms with Gasteiger partial charge in [0, 0.05) is 11.4 Å². The third-order valence-corrected chi connectivity index (χ3v) is 3.39. The minimum atomic E-state index is -0.406. The summed E-state index contributed by atoms with van der Waals surface area (Å²) in [7, 11) is 0. The van der Waals surface area contributed by atoms with Gasteiger partial charge in [0.2, 0.25) is 0 Å². The van der Waals surface area contributed by atoms with Crippen molar-refractivity contribution in [3.05, 3.63) is 29.0 Å². The van der Waals surface area contributed by atoms with Gasteiger partial charge in [-0.25, -0.2) is 4.39 Å². The van der Waals surface area contributed by atoms with Gasteiger partial charge in [0.15, 0.2) is 5.17 Å². The van der Waals surface area contributed by atoms with Crippen molar-refractivity contribution in [2.75, 3.05) is 11.1 Å². The molecule has 0 bridgehead atoms. The van der Waals surface area contributed by atoms with E-state index in [1.165, 1.54) is 6.07 Å². The van der Waals surface area contributed by atoms with Gasteiger partial charge in [-0.1, -0.05) is 23.4 Å². The lowest BCUT2D eigenvalue weighted by molar-refractivity contribution is 0.628. The molecule has 1 atom stereocenters. The summed E-state index contributed by atoms with van der Waals surface area (Å²) in [6.07, 6.45) is 0. The molecular formula is C10H10ClFN2S. The molecular weight excluding hydrogens is 235 g/mol. The quantitative estimate of drug-likeness (QED) is 0.819. The second-order valence-electron chi connectivity index (χ2n) is 3.35. The Balaban J connectivity index is 2.11. The van der Waals surface area contributed by atoms with Crippen molar-refractivity contribution in [3.63, 3.8) is 0 Å². The van der Waals surface area contributed by atoms with Gasteiger partial charge in [0.05, 0.1) is 11.1 Å². The molecule has 2 nitrogen and oxygen atoms in total.